The highest BCUT2D eigenvalue weighted by Gasteiger charge is 1.79. The Hall–Kier alpha value is 0.220. The van der Waals surface area contributed by atoms with E-state index in [1.165, 1.54) is 0 Å². The summed E-state index contributed by atoms with van der Waals surface area (Å²) in [5.74, 6) is 0. The molecule has 1 nitrogen and oxygen atoms in total. The van der Waals surface area contributed by atoms with Crippen molar-refractivity contribution >= 4 is 22.6 Å². The Kier molecular flexibility index (Phi) is 5.41. The minimum absolute atomic E-state index is 0.697. The summed E-state index contributed by atoms with van der Waals surface area (Å²) in [5, 5.41) is 0. The van der Waals surface area contributed by atoms with E-state index in [1.807, 2.05) is 0 Å². The third-order valence-electron chi connectivity index (χ3n) is 0.404. The molecule has 0 amide bonds. The number of nitrogens with zero attached hydrogens (tertiary/aromatic N) is 1. The van der Waals surface area contributed by atoms with E-state index in [2.05, 4.69) is 27.4 Å². The van der Waals surface area contributed by atoms with E-state index in [9.17, 15) is 0 Å². The average Bonchev–Trinajstić information content (AvgIpc) is 1.61. The van der Waals surface area contributed by atoms with Crippen LogP contribution in [0.4, 0.5) is 0 Å². The first-order valence-electron chi connectivity index (χ1n) is 1.81. The van der Waals surface area contributed by atoms with Gasteiger partial charge in [-0.15, -0.1) is 0 Å². The van der Waals surface area contributed by atoms with Crippen LogP contribution in [-0.2, 0) is 0 Å². The Bertz CT molecular complexity index is 55.1. The average molecular weight is 195 g/mol. The molecule has 0 atom stereocenters. The maximum absolute atomic E-state index is 6.33. The van der Waals surface area contributed by atoms with Crippen LogP contribution in [0.25, 0.3) is 4.85 Å². The van der Waals surface area contributed by atoms with Gasteiger partial charge in [-0.05, 0) is 0 Å². The topological polar surface area (TPSA) is 4.36 Å². The van der Waals surface area contributed by atoms with Gasteiger partial charge < -0.3 is 4.85 Å². The molecule has 0 aromatic carbocycles. The van der Waals surface area contributed by atoms with E-state index in [1.54, 1.807) is 0 Å². The summed E-state index contributed by atoms with van der Waals surface area (Å²) >= 11 is 2.27. The Morgan fingerprint density at radius 1 is 1.67 bits per heavy atom. The van der Waals surface area contributed by atoms with Gasteiger partial charge in [-0.3, -0.25) is 0 Å². The largest absolute Gasteiger partial charge is 0.317 e. The molecule has 0 saturated carbocycles. The Morgan fingerprint density at radius 2 is 2.33 bits per heavy atom. The highest BCUT2D eigenvalue weighted by Crippen LogP contribution is 1.86. The molecule has 0 N–H and O–H groups in total. The number of hydrogen-bond acceptors (Lipinski definition) is 0. The van der Waals surface area contributed by atoms with Gasteiger partial charge in [-0.1, -0.05) is 22.6 Å². The highest BCUT2D eigenvalue weighted by atomic mass is 127. The van der Waals surface area contributed by atoms with E-state index < -0.39 is 0 Å². The molecule has 0 heterocycles. The zero-order valence-electron chi connectivity index (χ0n) is 3.45. The molecule has 0 aliphatic carbocycles. The second kappa shape index (κ2) is 5.22. The van der Waals surface area contributed by atoms with Crippen molar-refractivity contribution in [2.45, 2.75) is 6.42 Å². The first-order chi connectivity index (χ1) is 2.91. The standard InChI is InChI=1S/C4H6IN/c1-6-4-2-3-5/h2-4H2. The first kappa shape index (κ1) is 6.22. The van der Waals surface area contributed by atoms with Gasteiger partial charge in [-0.2, -0.15) is 0 Å². The number of alkyl halides is 1. The first-order valence-corrected chi connectivity index (χ1v) is 3.33. The quantitative estimate of drug-likeness (QED) is 0.273. The van der Waals surface area contributed by atoms with Crippen molar-refractivity contribution in [3.63, 3.8) is 0 Å². The molecule has 0 aliphatic heterocycles. The maximum Gasteiger partial charge on any atom is 0.215 e. The molecule has 0 bridgehead atoms. The predicted octanol–water partition coefficient (Wildman–Crippen LogP) is 1.73. The molecular weight excluding hydrogens is 189 g/mol. The lowest BCUT2D eigenvalue weighted by Gasteiger charge is -1.74. The smallest absolute Gasteiger partial charge is 0.215 e. The van der Waals surface area contributed by atoms with E-state index in [0.29, 0.717) is 6.54 Å². The van der Waals surface area contributed by atoms with Crippen molar-refractivity contribution in [2.75, 3.05) is 11.0 Å². The monoisotopic (exact) mass is 195 g/mol. The van der Waals surface area contributed by atoms with E-state index in [-0.39, 0.29) is 0 Å². The molecule has 0 saturated heterocycles. The van der Waals surface area contributed by atoms with Gasteiger partial charge in [0.15, 0.2) is 0 Å². The number of rotatable bonds is 2. The Morgan fingerprint density at radius 3 is 2.50 bits per heavy atom. The SMILES string of the molecule is [C-]#[N+]CCCI. The molecular formula is C4H6IN. The molecule has 34 valence electrons. The van der Waals surface area contributed by atoms with Crippen molar-refractivity contribution in [1.29, 1.82) is 0 Å². The van der Waals surface area contributed by atoms with Gasteiger partial charge in [0.1, 0.15) is 0 Å². The maximum atomic E-state index is 6.33. The summed E-state index contributed by atoms with van der Waals surface area (Å²) in [7, 11) is 0. The fourth-order valence-electron chi connectivity index (χ4n) is 0.139. The fraction of sp³-hybridized carbons (Fsp3) is 0.750. The van der Waals surface area contributed by atoms with Crippen LogP contribution in [0, 0.1) is 6.57 Å². The van der Waals surface area contributed by atoms with Crippen molar-refractivity contribution in [3.8, 4) is 0 Å². The molecule has 0 unspecified atom stereocenters. The van der Waals surface area contributed by atoms with Crippen LogP contribution in [0.1, 0.15) is 6.42 Å². The zero-order valence-corrected chi connectivity index (χ0v) is 5.60. The normalized spacial score (nSPS) is 7.33. The fourth-order valence-corrected chi connectivity index (χ4v) is 0.480. The van der Waals surface area contributed by atoms with Crippen LogP contribution in [0.3, 0.4) is 0 Å². The van der Waals surface area contributed by atoms with Gasteiger partial charge >= 0.3 is 0 Å². The van der Waals surface area contributed by atoms with Gasteiger partial charge in [0, 0.05) is 10.8 Å². The van der Waals surface area contributed by atoms with Gasteiger partial charge in [-0.25, -0.2) is 6.57 Å². The van der Waals surface area contributed by atoms with Crippen LogP contribution >= 0.6 is 22.6 Å². The molecule has 0 rings (SSSR count). The van der Waals surface area contributed by atoms with E-state index >= 15 is 0 Å². The Balaban J connectivity index is 2.54. The van der Waals surface area contributed by atoms with Crippen LogP contribution in [-0.4, -0.2) is 11.0 Å². The van der Waals surface area contributed by atoms with E-state index in [4.69, 9.17) is 6.57 Å². The van der Waals surface area contributed by atoms with Gasteiger partial charge in [0.25, 0.3) is 0 Å². The molecule has 0 aromatic heterocycles. The van der Waals surface area contributed by atoms with Crippen molar-refractivity contribution in [2.24, 2.45) is 0 Å². The molecule has 0 aromatic rings. The second-order valence-electron chi connectivity index (χ2n) is 0.924. The third kappa shape index (κ3) is 4.22. The summed E-state index contributed by atoms with van der Waals surface area (Å²) in [5.41, 5.74) is 0. The van der Waals surface area contributed by atoms with Crippen LogP contribution in [0.2, 0.25) is 0 Å². The molecule has 0 fully saturated rings. The molecule has 0 radical (unpaired) electrons. The summed E-state index contributed by atoms with van der Waals surface area (Å²) in [6, 6.07) is 0. The van der Waals surface area contributed by atoms with Crippen LogP contribution < -0.4 is 0 Å². The summed E-state index contributed by atoms with van der Waals surface area (Å²) in [6.45, 7) is 7.02. The third-order valence-corrected chi connectivity index (χ3v) is 1.17. The molecule has 0 spiro atoms. The van der Waals surface area contributed by atoms with Crippen molar-refractivity contribution in [3.05, 3.63) is 11.4 Å². The number of halogens is 1. The molecule has 6 heavy (non-hydrogen) atoms. The summed E-state index contributed by atoms with van der Waals surface area (Å²) in [4.78, 5) is 3.17. The molecule has 0 aliphatic rings. The lowest BCUT2D eigenvalue weighted by atomic mass is 10.5. The summed E-state index contributed by atoms with van der Waals surface area (Å²) in [6.07, 6.45) is 1.05. The predicted molar refractivity (Wildman–Crippen MR) is 35.0 cm³/mol. The molecule has 2 heteroatoms. The zero-order chi connectivity index (χ0) is 4.83. The van der Waals surface area contributed by atoms with Crippen molar-refractivity contribution < 1.29 is 0 Å². The van der Waals surface area contributed by atoms with E-state index in [0.717, 1.165) is 10.8 Å². The second-order valence-corrected chi connectivity index (χ2v) is 2.00. The minimum Gasteiger partial charge on any atom is -0.317 e. The van der Waals surface area contributed by atoms with Crippen LogP contribution in [0.5, 0.6) is 0 Å². The van der Waals surface area contributed by atoms with Crippen molar-refractivity contribution in [1.82, 2.24) is 0 Å². The lowest BCUT2D eigenvalue weighted by molar-refractivity contribution is 1.06. The van der Waals surface area contributed by atoms with Gasteiger partial charge in [0.2, 0.25) is 6.54 Å². The lowest BCUT2D eigenvalue weighted by Crippen LogP contribution is -1.74. The van der Waals surface area contributed by atoms with Gasteiger partial charge in [0.05, 0.1) is 0 Å². The number of hydrogen-bond donors (Lipinski definition) is 0. The minimum atomic E-state index is 0.697. The van der Waals surface area contributed by atoms with Crippen LogP contribution in [0.15, 0.2) is 0 Å². The Labute approximate surface area is 51.7 Å². The highest BCUT2D eigenvalue weighted by molar-refractivity contribution is 14.1. The summed E-state index contributed by atoms with van der Waals surface area (Å²) < 4.78 is 1.11.